The number of fused-ring (bicyclic) bond motifs is 1. The minimum atomic E-state index is -1.29. The molecule has 9 heteroatoms. The summed E-state index contributed by atoms with van der Waals surface area (Å²) < 4.78 is 27.4. The number of ether oxygens (including phenoxy) is 2. The Morgan fingerprint density at radius 2 is 2.13 bits per heavy atom. The maximum atomic E-state index is 11.4. The van der Waals surface area contributed by atoms with E-state index in [1.165, 1.54) is 19.6 Å². The molecule has 0 spiro atoms. The molecule has 8 nitrogen and oxygen atoms in total. The molecule has 0 saturated carbocycles. The van der Waals surface area contributed by atoms with E-state index in [-0.39, 0.29) is 11.9 Å². The maximum Gasteiger partial charge on any atom is 0.239 e. The van der Waals surface area contributed by atoms with E-state index < -0.39 is 10.8 Å². The zero-order valence-corrected chi connectivity index (χ0v) is 13.6. The average molecular weight is 334 g/mol. The Labute approximate surface area is 134 Å². The molecule has 0 radical (unpaired) electrons. The van der Waals surface area contributed by atoms with Crippen LogP contribution in [0.25, 0.3) is 22.4 Å². The summed E-state index contributed by atoms with van der Waals surface area (Å²) in [5, 5.41) is 8.10. The first-order valence-corrected chi connectivity index (χ1v) is 8.20. The third-order valence-corrected chi connectivity index (χ3v) is 3.70. The number of aromatic nitrogens is 4. The molecule has 0 bridgehead atoms. The molecule has 120 valence electrons. The molecular formula is C14H14N4O4S. The zero-order chi connectivity index (χ0) is 16.4. The van der Waals surface area contributed by atoms with Gasteiger partial charge in [0.2, 0.25) is 5.16 Å². The van der Waals surface area contributed by atoms with Crippen molar-refractivity contribution in [2.45, 2.75) is 12.1 Å². The number of aryl methyl sites for hydroxylation is 1. The highest BCUT2D eigenvalue weighted by atomic mass is 32.2. The van der Waals surface area contributed by atoms with Crippen molar-refractivity contribution in [2.75, 3.05) is 20.2 Å². The summed E-state index contributed by atoms with van der Waals surface area (Å²) in [6.45, 7) is 1.84. The highest BCUT2D eigenvalue weighted by Gasteiger charge is 2.15. The third-order valence-electron chi connectivity index (χ3n) is 3.00. The molecule has 0 aliphatic heterocycles. The summed E-state index contributed by atoms with van der Waals surface area (Å²) in [4.78, 5) is 8.33. The SMILES string of the molecule is COCOc1cc2nc(C)oc2cc1-c1cnc(S(C)=O)nn1. The molecule has 3 aromatic rings. The second-order valence-corrected chi connectivity index (χ2v) is 5.95. The van der Waals surface area contributed by atoms with E-state index in [2.05, 4.69) is 20.2 Å². The molecule has 23 heavy (non-hydrogen) atoms. The fourth-order valence-corrected chi connectivity index (χ4v) is 2.39. The zero-order valence-electron chi connectivity index (χ0n) is 12.8. The summed E-state index contributed by atoms with van der Waals surface area (Å²) in [5.41, 5.74) is 2.39. The van der Waals surface area contributed by atoms with E-state index in [4.69, 9.17) is 13.9 Å². The van der Waals surface area contributed by atoms with Crippen molar-refractivity contribution in [1.29, 1.82) is 0 Å². The molecule has 1 aromatic carbocycles. The van der Waals surface area contributed by atoms with Crippen LogP contribution in [0.5, 0.6) is 5.75 Å². The molecule has 1 unspecified atom stereocenters. The van der Waals surface area contributed by atoms with E-state index in [0.29, 0.717) is 34.0 Å². The van der Waals surface area contributed by atoms with E-state index >= 15 is 0 Å². The van der Waals surface area contributed by atoms with Crippen LogP contribution >= 0.6 is 0 Å². The smallest absolute Gasteiger partial charge is 0.239 e. The second kappa shape index (κ2) is 6.39. The van der Waals surface area contributed by atoms with Gasteiger partial charge in [-0.1, -0.05) is 0 Å². The molecule has 1 atom stereocenters. The van der Waals surface area contributed by atoms with Gasteiger partial charge in [-0.3, -0.25) is 4.21 Å². The third kappa shape index (κ3) is 3.20. The van der Waals surface area contributed by atoms with Crippen LogP contribution in [0.1, 0.15) is 5.89 Å². The van der Waals surface area contributed by atoms with Gasteiger partial charge in [0, 0.05) is 31.9 Å². The molecular weight excluding hydrogens is 320 g/mol. The second-order valence-electron chi connectivity index (χ2n) is 4.68. The number of methoxy groups -OCH3 is 1. The maximum absolute atomic E-state index is 11.4. The fraction of sp³-hybridized carbons (Fsp3) is 0.286. The van der Waals surface area contributed by atoms with Crippen LogP contribution < -0.4 is 4.74 Å². The van der Waals surface area contributed by atoms with Gasteiger partial charge in [0.05, 0.1) is 17.0 Å². The molecule has 0 amide bonds. The van der Waals surface area contributed by atoms with E-state index in [9.17, 15) is 4.21 Å². The molecule has 0 aliphatic carbocycles. The van der Waals surface area contributed by atoms with Crippen LogP contribution in [0.4, 0.5) is 0 Å². The van der Waals surface area contributed by atoms with Crippen molar-refractivity contribution >= 4 is 21.9 Å². The lowest BCUT2D eigenvalue weighted by Crippen LogP contribution is -2.03. The lowest BCUT2D eigenvalue weighted by Gasteiger charge is -2.09. The Morgan fingerprint density at radius 3 is 2.78 bits per heavy atom. The average Bonchev–Trinajstić information content (AvgIpc) is 2.91. The largest absolute Gasteiger partial charge is 0.467 e. The Kier molecular flexibility index (Phi) is 4.30. The molecule has 0 fully saturated rings. The number of rotatable bonds is 5. The molecule has 0 saturated heterocycles. The number of oxazole rings is 1. The topological polar surface area (TPSA) is 100 Å². The predicted octanol–water partition coefficient (Wildman–Crippen LogP) is 1.71. The van der Waals surface area contributed by atoms with Gasteiger partial charge in [0.1, 0.15) is 17.0 Å². The lowest BCUT2D eigenvalue weighted by molar-refractivity contribution is 0.0516. The van der Waals surface area contributed by atoms with Crippen molar-refractivity contribution in [3.63, 3.8) is 0 Å². The van der Waals surface area contributed by atoms with Gasteiger partial charge in [-0.25, -0.2) is 9.97 Å². The molecule has 0 N–H and O–H groups in total. The van der Waals surface area contributed by atoms with E-state index in [1.807, 2.05) is 0 Å². The number of benzene rings is 1. The van der Waals surface area contributed by atoms with Gasteiger partial charge in [0.15, 0.2) is 18.3 Å². The minimum absolute atomic E-state index is 0.0766. The standard InChI is InChI=1S/C14H14N4O4S/c1-8-16-10-5-12(21-7-20-2)9(4-13(10)22-8)11-6-15-14(18-17-11)23(3)19/h4-6H,7H2,1-3H3. The van der Waals surface area contributed by atoms with Crippen LogP contribution in [0.15, 0.2) is 27.9 Å². The van der Waals surface area contributed by atoms with Gasteiger partial charge in [0.25, 0.3) is 0 Å². The van der Waals surface area contributed by atoms with Crippen molar-refractivity contribution in [2.24, 2.45) is 0 Å². The van der Waals surface area contributed by atoms with Gasteiger partial charge in [-0.2, -0.15) is 0 Å². The monoisotopic (exact) mass is 334 g/mol. The first kappa shape index (κ1) is 15.5. The number of hydrogen-bond acceptors (Lipinski definition) is 8. The van der Waals surface area contributed by atoms with E-state index in [0.717, 1.165) is 0 Å². The first-order valence-electron chi connectivity index (χ1n) is 6.65. The van der Waals surface area contributed by atoms with Crippen molar-refractivity contribution in [1.82, 2.24) is 20.2 Å². The van der Waals surface area contributed by atoms with Gasteiger partial charge < -0.3 is 13.9 Å². The first-order chi connectivity index (χ1) is 11.1. The van der Waals surface area contributed by atoms with Gasteiger partial charge in [-0.05, 0) is 6.07 Å². The van der Waals surface area contributed by atoms with E-state index in [1.54, 1.807) is 19.1 Å². The van der Waals surface area contributed by atoms with Crippen LogP contribution in [-0.2, 0) is 15.5 Å². The molecule has 2 heterocycles. The number of nitrogens with zero attached hydrogens (tertiary/aromatic N) is 4. The normalized spacial score (nSPS) is 12.5. The summed E-state index contributed by atoms with van der Waals surface area (Å²) in [7, 11) is 0.246. The van der Waals surface area contributed by atoms with Crippen LogP contribution in [0.2, 0.25) is 0 Å². The number of hydrogen-bond donors (Lipinski definition) is 0. The highest BCUT2D eigenvalue weighted by Crippen LogP contribution is 2.33. The Morgan fingerprint density at radius 1 is 1.30 bits per heavy atom. The Balaban J connectivity index is 2.10. The quantitative estimate of drug-likeness (QED) is 0.650. The molecule has 0 aliphatic rings. The highest BCUT2D eigenvalue weighted by molar-refractivity contribution is 7.84. The summed E-state index contributed by atoms with van der Waals surface area (Å²) >= 11 is 0. The Bertz CT molecular complexity index is 863. The summed E-state index contributed by atoms with van der Waals surface area (Å²) in [6, 6.07) is 3.50. The molecule has 2 aromatic heterocycles. The summed E-state index contributed by atoms with van der Waals surface area (Å²) in [5.74, 6) is 1.07. The minimum Gasteiger partial charge on any atom is -0.467 e. The predicted molar refractivity (Wildman–Crippen MR) is 82.4 cm³/mol. The van der Waals surface area contributed by atoms with Gasteiger partial charge in [-0.15, -0.1) is 10.2 Å². The molecule has 3 rings (SSSR count). The van der Waals surface area contributed by atoms with Crippen LogP contribution in [0.3, 0.4) is 0 Å². The van der Waals surface area contributed by atoms with Gasteiger partial charge >= 0.3 is 0 Å². The van der Waals surface area contributed by atoms with Crippen molar-refractivity contribution in [3.8, 4) is 17.0 Å². The van der Waals surface area contributed by atoms with Crippen molar-refractivity contribution < 1.29 is 18.1 Å². The van der Waals surface area contributed by atoms with Crippen LogP contribution in [-0.4, -0.2) is 44.5 Å². The Hall–Kier alpha value is -2.39. The van der Waals surface area contributed by atoms with Crippen molar-refractivity contribution in [3.05, 3.63) is 24.2 Å². The van der Waals surface area contributed by atoms with Crippen LogP contribution in [0, 0.1) is 6.92 Å². The fourth-order valence-electron chi connectivity index (χ4n) is 2.03. The lowest BCUT2D eigenvalue weighted by atomic mass is 10.1. The summed E-state index contributed by atoms with van der Waals surface area (Å²) in [6.07, 6.45) is 2.99.